The Bertz CT molecular complexity index is 1710. The predicted molar refractivity (Wildman–Crippen MR) is 148 cm³/mol. The Balaban J connectivity index is 1.35. The molecule has 1 fully saturated rings. The normalized spacial score (nSPS) is 18.8. The van der Waals surface area contributed by atoms with Crippen LogP contribution >= 0.6 is 0 Å². The van der Waals surface area contributed by atoms with Crippen molar-refractivity contribution in [3.63, 3.8) is 0 Å². The molecule has 0 radical (unpaired) electrons. The van der Waals surface area contributed by atoms with Gasteiger partial charge in [0.15, 0.2) is 0 Å². The van der Waals surface area contributed by atoms with Crippen LogP contribution < -0.4 is 10.2 Å². The molecule has 1 amide bonds. The van der Waals surface area contributed by atoms with Gasteiger partial charge in [0, 0.05) is 42.4 Å². The number of fused-ring (bicyclic) bond motifs is 1. The molecule has 9 nitrogen and oxygen atoms in total. The lowest BCUT2D eigenvalue weighted by Gasteiger charge is -2.36. The third-order valence-electron chi connectivity index (χ3n) is 6.54. The molecule has 41 heavy (non-hydrogen) atoms. The molecule has 4 aromatic rings. The zero-order chi connectivity index (χ0) is 29.3. The molecule has 0 saturated carbocycles. The number of rotatable bonds is 7. The van der Waals surface area contributed by atoms with Gasteiger partial charge in [-0.3, -0.25) is 9.78 Å². The van der Waals surface area contributed by atoms with Gasteiger partial charge < -0.3 is 15.0 Å². The first-order chi connectivity index (χ1) is 19.5. The number of carbonyl (C=O) groups is 1. The Morgan fingerprint density at radius 1 is 1.10 bits per heavy atom. The second-order valence-electron chi connectivity index (χ2n) is 9.83. The van der Waals surface area contributed by atoms with E-state index in [1.54, 1.807) is 24.4 Å². The molecular formula is C28H27F3N6O3S. The maximum absolute atomic E-state index is 14.6. The van der Waals surface area contributed by atoms with E-state index in [4.69, 9.17) is 9.52 Å². The zero-order valence-corrected chi connectivity index (χ0v) is 23.0. The molecule has 3 aromatic heterocycles. The lowest BCUT2D eigenvalue weighted by molar-refractivity contribution is -0.00547. The van der Waals surface area contributed by atoms with E-state index in [9.17, 15) is 22.2 Å². The Morgan fingerprint density at radius 3 is 2.59 bits per heavy atom. The fourth-order valence-electron chi connectivity index (χ4n) is 4.64. The van der Waals surface area contributed by atoms with E-state index in [0.717, 1.165) is 17.5 Å². The minimum absolute atomic E-state index is 0.00817. The largest absolute Gasteiger partial charge is 0.372 e. The Kier molecular flexibility index (Phi) is 7.91. The van der Waals surface area contributed by atoms with E-state index < -0.39 is 32.1 Å². The van der Waals surface area contributed by atoms with Gasteiger partial charge in [0.1, 0.15) is 21.4 Å². The van der Waals surface area contributed by atoms with Gasteiger partial charge in [-0.25, -0.2) is 23.3 Å². The van der Waals surface area contributed by atoms with Crippen molar-refractivity contribution in [2.75, 3.05) is 18.0 Å². The summed E-state index contributed by atoms with van der Waals surface area (Å²) in [6.45, 7) is 5.09. The van der Waals surface area contributed by atoms with Gasteiger partial charge in [0.05, 0.1) is 46.2 Å². The average Bonchev–Trinajstić information content (AvgIpc) is 2.94. The van der Waals surface area contributed by atoms with Crippen molar-refractivity contribution in [3.8, 4) is 11.4 Å². The predicted octanol–water partition coefficient (Wildman–Crippen LogP) is 5.00. The van der Waals surface area contributed by atoms with Crippen molar-refractivity contribution in [2.24, 2.45) is 0 Å². The van der Waals surface area contributed by atoms with Crippen LogP contribution in [0.4, 0.5) is 19.0 Å². The molecule has 1 saturated heterocycles. The maximum atomic E-state index is 14.6. The average molecular weight is 585 g/mol. The minimum Gasteiger partial charge on any atom is -0.372 e. The Hall–Kier alpha value is -4.10. The monoisotopic (exact) mass is 584 g/mol. The van der Waals surface area contributed by atoms with Crippen LogP contribution in [-0.4, -0.2) is 56.1 Å². The second-order valence-corrected chi connectivity index (χ2v) is 11.9. The number of hydrogen-bond donors (Lipinski definition) is 2. The van der Waals surface area contributed by atoms with Crippen molar-refractivity contribution in [3.05, 3.63) is 77.9 Å². The lowest BCUT2D eigenvalue weighted by atomic mass is 10.1. The van der Waals surface area contributed by atoms with Crippen molar-refractivity contribution in [2.45, 2.75) is 43.3 Å². The van der Waals surface area contributed by atoms with Crippen LogP contribution in [0.15, 0.2) is 65.7 Å². The van der Waals surface area contributed by atoms with Gasteiger partial charge in [-0.15, -0.1) is 0 Å². The van der Waals surface area contributed by atoms with Gasteiger partial charge in [0.25, 0.3) is 5.91 Å². The van der Waals surface area contributed by atoms with Crippen LogP contribution in [0.3, 0.4) is 0 Å². The molecule has 0 bridgehead atoms. The molecule has 2 N–H and O–H groups in total. The van der Waals surface area contributed by atoms with E-state index in [1.807, 2.05) is 18.7 Å². The number of anilines is 1. The number of morpholine rings is 1. The highest BCUT2D eigenvalue weighted by Gasteiger charge is 2.25. The van der Waals surface area contributed by atoms with Gasteiger partial charge in [-0.1, -0.05) is 6.07 Å². The topological polar surface area (TPSA) is 121 Å². The SMILES string of the molecule is C[C@@H]1CN(c2cc(F)cc(-c3ccc4cnc(CNC(=O)c5cccc([S@@](=N)(=O)C(F)F)c5)cc4n3)n2)C[C@H](C)O1. The highest BCUT2D eigenvalue weighted by molar-refractivity contribution is 7.92. The van der Waals surface area contributed by atoms with Crippen LogP contribution in [0, 0.1) is 10.6 Å². The molecule has 214 valence electrons. The molecule has 1 aliphatic heterocycles. The third kappa shape index (κ3) is 6.30. The van der Waals surface area contributed by atoms with Crippen molar-refractivity contribution in [1.29, 1.82) is 4.78 Å². The number of benzene rings is 1. The number of ether oxygens (including phenoxy) is 1. The van der Waals surface area contributed by atoms with Crippen LogP contribution in [0.2, 0.25) is 0 Å². The minimum atomic E-state index is -4.34. The number of alkyl halides is 2. The zero-order valence-electron chi connectivity index (χ0n) is 22.2. The quantitative estimate of drug-likeness (QED) is 0.314. The van der Waals surface area contributed by atoms with E-state index in [0.29, 0.717) is 41.5 Å². The van der Waals surface area contributed by atoms with Crippen LogP contribution in [-0.2, 0) is 21.0 Å². The molecule has 1 aromatic carbocycles. The molecule has 4 heterocycles. The summed E-state index contributed by atoms with van der Waals surface area (Å²) < 4.78 is 65.9. The lowest BCUT2D eigenvalue weighted by Crippen LogP contribution is -2.45. The summed E-state index contributed by atoms with van der Waals surface area (Å²) in [4.78, 5) is 27.9. The first-order valence-corrected chi connectivity index (χ1v) is 14.4. The van der Waals surface area contributed by atoms with Crippen LogP contribution in [0.25, 0.3) is 22.3 Å². The fraction of sp³-hybridized carbons (Fsp3) is 0.286. The van der Waals surface area contributed by atoms with Crippen LogP contribution in [0.1, 0.15) is 29.9 Å². The first-order valence-electron chi connectivity index (χ1n) is 12.8. The standard InChI is InChI=1S/C28H27F3N6O3S/c1-16-14-37(15-17(2)40-16)26-10-20(29)9-25(36-26)23-7-6-19-12-33-21(11-24(19)35-23)13-34-27(38)18-4-3-5-22(8-18)41(32,39)28(30)31/h3-12,16-17,28,32H,13-15H2,1-2H3,(H,34,38)/t16-,17+,41-/m1/s1. The van der Waals surface area contributed by atoms with Gasteiger partial charge >= 0.3 is 5.76 Å². The van der Waals surface area contributed by atoms with E-state index in [1.165, 1.54) is 24.3 Å². The Labute approximate surface area is 234 Å². The van der Waals surface area contributed by atoms with Gasteiger partial charge in [-0.05, 0) is 50.2 Å². The number of nitrogens with one attached hydrogen (secondary N) is 2. The highest BCUT2D eigenvalue weighted by Crippen LogP contribution is 2.26. The molecule has 0 unspecified atom stereocenters. The number of pyridine rings is 3. The van der Waals surface area contributed by atoms with Gasteiger partial charge in [0.2, 0.25) is 0 Å². The smallest absolute Gasteiger partial charge is 0.323 e. The molecular weight excluding hydrogens is 557 g/mol. The fourth-order valence-corrected chi connectivity index (χ4v) is 5.43. The first kappa shape index (κ1) is 28.4. The number of amides is 1. The molecule has 5 rings (SSSR count). The summed E-state index contributed by atoms with van der Waals surface area (Å²) >= 11 is 0. The Morgan fingerprint density at radius 2 is 1.85 bits per heavy atom. The number of hydrogen-bond acceptors (Lipinski definition) is 8. The molecule has 13 heteroatoms. The second kappa shape index (κ2) is 11.4. The van der Waals surface area contributed by atoms with E-state index in [-0.39, 0.29) is 24.3 Å². The molecule has 0 spiro atoms. The summed E-state index contributed by atoms with van der Waals surface area (Å²) in [5, 5.41) is 3.37. The summed E-state index contributed by atoms with van der Waals surface area (Å²) in [6, 6.07) is 12.8. The maximum Gasteiger partial charge on any atom is 0.323 e. The van der Waals surface area contributed by atoms with E-state index >= 15 is 0 Å². The highest BCUT2D eigenvalue weighted by atomic mass is 32.2. The molecule has 0 aliphatic carbocycles. The number of halogens is 3. The van der Waals surface area contributed by atoms with Gasteiger partial charge in [-0.2, -0.15) is 8.78 Å². The summed E-state index contributed by atoms with van der Waals surface area (Å²) in [5.41, 5.74) is 1.84. The number of carbonyl (C=O) groups excluding carboxylic acids is 1. The summed E-state index contributed by atoms with van der Waals surface area (Å²) in [7, 11) is -4.34. The summed E-state index contributed by atoms with van der Waals surface area (Å²) in [6.07, 6.45) is 1.56. The van der Waals surface area contributed by atoms with Crippen molar-refractivity contribution in [1.82, 2.24) is 20.3 Å². The third-order valence-corrected chi connectivity index (χ3v) is 8.00. The molecule has 3 atom stereocenters. The number of aromatic nitrogens is 3. The van der Waals surface area contributed by atoms with Crippen molar-refractivity contribution < 1.29 is 26.9 Å². The molecule has 1 aliphatic rings. The van der Waals surface area contributed by atoms with Crippen molar-refractivity contribution >= 4 is 32.4 Å². The van der Waals surface area contributed by atoms with E-state index in [2.05, 4.69) is 20.3 Å². The summed E-state index contributed by atoms with van der Waals surface area (Å²) in [5.74, 6) is -3.92. The van der Waals surface area contributed by atoms with Crippen LogP contribution in [0.5, 0.6) is 0 Å². The number of nitrogens with zero attached hydrogens (tertiary/aromatic N) is 4.